The van der Waals surface area contributed by atoms with Gasteiger partial charge in [0, 0.05) is 6.04 Å². The zero-order valence-corrected chi connectivity index (χ0v) is 13.4. The van der Waals surface area contributed by atoms with Crippen LogP contribution >= 0.6 is 0 Å². The molecule has 4 heteroatoms. The molecule has 1 aromatic rings. The molecule has 21 heavy (non-hydrogen) atoms. The fourth-order valence-corrected chi connectivity index (χ4v) is 2.31. The molecule has 0 radical (unpaired) electrons. The van der Waals surface area contributed by atoms with E-state index in [1.807, 2.05) is 45.0 Å². The fraction of sp³-hybridized carbons (Fsp3) is 0.588. The van der Waals surface area contributed by atoms with Crippen LogP contribution in [0.15, 0.2) is 24.3 Å². The lowest BCUT2D eigenvalue weighted by Gasteiger charge is -2.21. The smallest absolute Gasteiger partial charge is 0.320 e. The highest BCUT2D eigenvalue weighted by Gasteiger charge is 2.20. The van der Waals surface area contributed by atoms with E-state index >= 15 is 0 Å². The van der Waals surface area contributed by atoms with Gasteiger partial charge in [-0.25, -0.2) is 0 Å². The van der Waals surface area contributed by atoms with Crippen LogP contribution in [0.1, 0.15) is 39.2 Å². The average Bonchev–Trinajstić information content (AvgIpc) is 2.44. The molecule has 1 rings (SSSR count). The van der Waals surface area contributed by atoms with Crippen molar-refractivity contribution in [3.63, 3.8) is 0 Å². The van der Waals surface area contributed by atoms with Crippen LogP contribution in [-0.4, -0.2) is 30.3 Å². The molecule has 2 N–H and O–H groups in total. The van der Waals surface area contributed by atoms with Gasteiger partial charge in [0.05, 0.1) is 7.11 Å². The van der Waals surface area contributed by atoms with Crippen LogP contribution < -0.4 is 10.1 Å². The summed E-state index contributed by atoms with van der Waals surface area (Å²) in [6, 6.07) is 7.71. The summed E-state index contributed by atoms with van der Waals surface area (Å²) in [6.45, 7) is 6.12. The summed E-state index contributed by atoms with van der Waals surface area (Å²) in [5.74, 6) is 0.459. The maximum Gasteiger partial charge on any atom is 0.320 e. The maximum absolute atomic E-state index is 11.2. The van der Waals surface area contributed by atoms with E-state index in [9.17, 15) is 9.90 Å². The Bertz CT molecular complexity index is 428. The van der Waals surface area contributed by atoms with Crippen LogP contribution in [0.4, 0.5) is 0 Å². The predicted octanol–water partition coefficient (Wildman–Crippen LogP) is 3.11. The van der Waals surface area contributed by atoms with Crippen LogP contribution in [-0.2, 0) is 11.2 Å². The van der Waals surface area contributed by atoms with Gasteiger partial charge in [-0.3, -0.25) is 4.79 Å². The minimum Gasteiger partial charge on any atom is -0.497 e. The van der Waals surface area contributed by atoms with Crippen molar-refractivity contribution in [2.45, 2.75) is 52.1 Å². The number of methoxy groups -OCH3 is 1. The van der Waals surface area contributed by atoms with Crippen molar-refractivity contribution in [3.8, 4) is 5.75 Å². The normalized spacial score (nSPS) is 14.0. The van der Waals surface area contributed by atoms with Crippen LogP contribution in [0.2, 0.25) is 0 Å². The van der Waals surface area contributed by atoms with Crippen molar-refractivity contribution < 1.29 is 14.6 Å². The van der Waals surface area contributed by atoms with Gasteiger partial charge in [0.15, 0.2) is 0 Å². The first-order chi connectivity index (χ1) is 9.92. The van der Waals surface area contributed by atoms with Crippen LogP contribution in [0.25, 0.3) is 0 Å². The molecule has 0 aliphatic heterocycles. The molecule has 0 aromatic heterocycles. The first-order valence-corrected chi connectivity index (χ1v) is 7.54. The van der Waals surface area contributed by atoms with Gasteiger partial charge >= 0.3 is 5.97 Å². The summed E-state index contributed by atoms with van der Waals surface area (Å²) in [5, 5.41) is 12.5. The van der Waals surface area contributed by atoms with Gasteiger partial charge in [-0.1, -0.05) is 26.0 Å². The Morgan fingerprint density at radius 3 is 2.33 bits per heavy atom. The van der Waals surface area contributed by atoms with E-state index in [1.54, 1.807) is 7.11 Å². The molecule has 0 aliphatic carbocycles. The topological polar surface area (TPSA) is 58.6 Å². The molecule has 1 aromatic carbocycles. The standard InChI is InChI=1S/C17H27NO3/c1-12(2)11-16(17(19)20)18-13(3)5-6-14-7-9-15(21-4)10-8-14/h7-10,12-13,16,18H,5-6,11H2,1-4H3,(H,19,20). The molecular weight excluding hydrogens is 266 g/mol. The Morgan fingerprint density at radius 1 is 1.24 bits per heavy atom. The quantitative estimate of drug-likeness (QED) is 0.734. The summed E-state index contributed by atoms with van der Waals surface area (Å²) in [5.41, 5.74) is 1.24. The van der Waals surface area contributed by atoms with Crippen LogP contribution in [0.5, 0.6) is 5.75 Å². The molecule has 2 atom stereocenters. The average molecular weight is 293 g/mol. The van der Waals surface area contributed by atoms with Crippen LogP contribution in [0, 0.1) is 5.92 Å². The molecular formula is C17H27NO3. The Labute approximate surface area is 127 Å². The SMILES string of the molecule is COc1ccc(CCC(C)NC(CC(C)C)C(=O)O)cc1. The van der Waals surface area contributed by atoms with E-state index in [-0.39, 0.29) is 6.04 Å². The molecule has 0 saturated carbocycles. The van der Waals surface area contributed by atoms with E-state index in [1.165, 1.54) is 5.56 Å². The van der Waals surface area contributed by atoms with Gasteiger partial charge < -0.3 is 15.2 Å². The maximum atomic E-state index is 11.2. The van der Waals surface area contributed by atoms with Crippen molar-refractivity contribution in [1.29, 1.82) is 0 Å². The minimum absolute atomic E-state index is 0.173. The van der Waals surface area contributed by atoms with Gasteiger partial charge in [-0.15, -0.1) is 0 Å². The molecule has 118 valence electrons. The summed E-state index contributed by atoms with van der Waals surface area (Å²) in [4.78, 5) is 11.2. The number of hydrogen-bond acceptors (Lipinski definition) is 3. The highest BCUT2D eigenvalue weighted by Crippen LogP contribution is 2.14. The predicted molar refractivity (Wildman–Crippen MR) is 84.8 cm³/mol. The molecule has 0 bridgehead atoms. The second-order valence-corrected chi connectivity index (χ2v) is 5.97. The second-order valence-electron chi connectivity index (χ2n) is 5.97. The van der Waals surface area contributed by atoms with Gasteiger partial charge in [-0.2, -0.15) is 0 Å². The third-order valence-electron chi connectivity index (χ3n) is 3.52. The van der Waals surface area contributed by atoms with E-state index in [2.05, 4.69) is 5.32 Å². The first kappa shape index (κ1) is 17.5. The van der Waals surface area contributed by atoms with Crippen molar-refractivity contribution in [3.05, 3.63) is 29.8 Å². The Balaban J connectivity index is 2.44. The van der Waals surface area contributed by atoms with Crippen LogP contribution in [0.3, 0.4) is 0 Å². The molecule has 0 amide bonds. The molecule has 2 unspecified atom stereocenters. The van der Waals surface area contributed by atoms with E-state index in [0.29, 0.717) is 12.3 Å². The largest absolute Gasteiger partial charge is 0.497 e. The summed E-state index contributed by atoms with van der Waals surface area (Å²) < 4.78 is 5.13. The molecule has 0 heterocycles. The third kappa shape index (κ3) is 6.63. The highest BCUT2D eigenvalue weighted by atomic mass is 16.5. The lowest BCUT2D eigenvalue weighted by molar-refractivity contribution is -0.140. The lowest BCUT2D eigenvalue weighted by Crippen LogP contribution is -2.43. The van der Waals surface area contributed by atoms with E-state index in [4.69, 9.17) is 4.74 Å². The zero-order chi connectivity index (χ0) is 15.8. The highest BCUT2D eigenvalue weighted by molar-refractivity contribution is 5.73. The van der Waals surface area contributed by atoms with E-state index in [0.717, 1.165) is 18.6 Å². The van der Waals surface area contributed by atoms with Gasteiger partial charge in [-0.05, 0) is 49.8 Å². The number of carbonyl (C=O) groups is 1. The molecule has 0 fully saturated rings. The zero-order valence-electron chi connectivity index (χ0n) is 13.4. The number of nitrogens with one attached hydrogen (secondary N) is 1. The number of carboxylic acids is 1. The number of aryl methyl sites for hydroxylation is 1. The number of carboxylic acid groups (broad SMARTS) is 1. The summed E-state index contributed by atoms with van der Waals surface area (Å²) >= 11 is 0. The number of ether oxygens (including phenoxy) is 1. The third-order valence-corrected chi connectivity index (χ3v) is 3.52. The minimum atomic E-state index is -0.764. The Hall–Kier alpha value is -1.55. The number of hydrogen-bond donors (Lipinski definition) is 2. The Morgan fingerprint density at radius 2 is 1.86 bits per heavy atom. The first-order valence-electron chi connectivity index (χ1n) is 7.54. The number of aliphatic carboxylic acids is 1. The number of rotatable bonds is 9. The van der Waals surface area contributed by atoms with Crippen molar-refractivity contribution in [2.75, 3.05) is 7.11 Å². The summed E-state index contributed by atoms with van der Waals surface area (Å²) in [7, 11) is 1.65. The second kappa shape index (κ2) is 8.67. The van der Waals surface area contributed by atoms with Gasteiger partial charge in [0.25, 0.3) is 0 Å². The molecule has 0 aliphatic rings. The van der Waals surface area contributed by atoms with Gasteiger partial charge in [0.1, 0.15) is 11.8 Å². The fourth-order valence-electron chi connectivity index (χ4n) is 2.31. The van der Waals surface area contributed by atoms with Crippen molar-refractivity contribution in [1.82, 2.24) is 5.32 Å². The molecule has 0 spiro atoms. The monoisotopic (exact) mass is 293 g/mol. The molecule has 4 nitrogen and oxygen atoms in total. The van der Waals surface area contributed by atoms with Crippen molar-refractivity contribution >= 4 is 5.97 Å². The number of benzene rings is 1. The lowest BCUT2D eigenvalue weighted by atomic mass is 10.0. The summed E-state index contributed by atoms with van der Waals surface area (Å²) in [6.07, 6.45) is 2.49. The Kier molecular flexibility index (Phi) is 7.23. The van der Waals surface area contributed by atoms with Crippen molar-refractivity contribution in [2.24, 2.45) is 5.92 Å². The van der Waals surface area contributed by atoms with Gasteiger partial charge in [0.2, 0.25) is 0 Å². The van der Waals surface area contributed by atoms with E-state index < -0.39 is 12.0 Å². The molecule has 0 saturated heterocycles.